The molecule has 0 bridgehead atoms. The van der Waals surface area contributed by atoms with Crippen LogP contribution in [0.2, 0.25) is 0 Å². The van der Waals surface area contributed by atoms with Gasteiger partial charge in [-0.25, -0.2) is 9.48 Å². The summed E-state index contributed by atoms with van der Waals surface area (Å²) in [6.07, 6.45) is 5.17. The number of morpholine rings is 1. The minimum Gasteiger partial charge on any atom is -0.378 e. The Morgan fingerprint density at radius 1 is 1.38 bits per heavy atom. The molecule has 0 saturated carbocycles. The summed E-state index contributed by atoms with van der Waals surface area (Å²) in [5.74, 6) is 0. The highest BCUT2D eigenvalue weighted by molar-refractivity contribution is 5.74. The lowest BCUT2D eigenvalue weighted by atomic mass is 10.4. The number of carbonyl (C=O) groups excluding carboxylic acids is 1. The topological polar surface area (TPSA) is 85.2 Å². The van der Waals surface area contributed by atoms with Gasteiger partial charge >= 0.3 is 6.03 Å². The number of ether oxygens (including phenoxy) is 1. The van der Waals surface area contributed by atoms with Crippen LogP contribution in [-0.4, -0.2) is 57.2 Å². The number of rotatable bonds is 3. The first-order valence-corrected chi connectivity index (χ1v) is 6.75. The van der Waals surface area contributed by atoms with E-state index in [-0.39, 0.29) is 6.03 Å². The summed E-state index contributed by atoms with van der Waals surface area (Å²) in [7, 11) is 0. The van der Waals surface area contributed by atoms with Gasteiger partial charge in [-0.1, -0.05) is 5.21 Å². The smallest absolute Gasteiger partial charge is 0.317 e. The molecule has 0 aliphatic carbocycles. The zero-order chi connectivity index (χ0) is 14.5. The van der Waals surface area contributed by atoms with Crippen LogP contribution in [0.3, 0.4) is 0 Å². The molecule has 1 aliphatic heterocycles. The molecule has 2 aromatic rings. The van der Waals surface area contributed by atoms with Crippen LogP contribution in [0.4, 0.5) is 4.79 Å². The molecule has 2 aromatic heterocycles. The van der Waals surface area contributed by atoms with E-state index in [9.17, 15) is 4.79 Å². The molecule has 0 unspecified atom stereocenters. The molecule has 1 saturated heterocycles. The summed E-state index contributed by atoms with van der Waals surface area (Å²) < 4.78 is 6.84. The Hall–Kier alpha value is -2.48. The van der Waals surface area contributed by atoms with Crippen molar-refractivity contribution < 1.29 is 9.53 Å². The molecule has 1 N–H and O–H groups in total. The number of carbonyl (C=O) groups is 1. The van der Waals surface area contributed by atoms with Crippen LogP contribution < -0.4 is 5.32 Å². The highest BCUT2D eigenvalue weighted by Gasteiger charge is 2.16. The largest absolute Gasteiger partial charge is 0.378 e. The van der Waals surface area contributed by atoms with Gasteiger partial charge in [0, 0.05) is 19.3 Å². The molecule has 0 atom stereocenters. The van der Waals surface area contributed by atoms with Crippen molar-refractivity contribution >= 4 is 6.03 Å². The third-order valence-electron chi connectivity index (χ3n) is 3.17. The van der Waals surface area contributed by atoms with Crippen molar-refractivity contribution in [1.82, 2.24) is 30.2 Å². The average molecular weight is 288 g/mol. The van der Waals surface area contributed by atoms with Gasteiger partial charge in [0.25, 0.3) is 0 Å². The summed E-state index contributed by atoms with van der Waals surface area (Å²) in [6, 6.07) is 3.61. The summed E-state index contributed by atoms with van der Waals surface area (Å²) >= 11 is 0. The van der Waals surface area contributed by atoms with E-state index >= 15 is 0 Å². The number of urea groups is 1. The molecule has 110 valence electrons. The maximum atomic E-state index is 11.9. The van der Waals surface area contributed by atoms with Crippen molar-refractivity contribution in [2.75, 3.05) is 26.3 Å². The van der Waals surface area contributed by atoms with Crippen LogP contribution in [0.5, 0.6) is 0 Å². The lowest BCUT2D eigenvalue weighted by Gasteiger charge is -2.26. The molecule has 0 aromatic carbocycles. The molecule has 3 heterocycles. The van der Waals surface area contributed by atoms with E-state index in [1.165, 1.54) is 0 Å². The van der Waals surface area contributed by atoms with Gasteiger partial charge in [-0.15, -0.1) is 5.10 Å². The minimum absolute atomic E-state index is 0.103. The third kappa shape index (κ3) is 3.34. The fourth-order valence-electron chi connectivity index (χ4n) is 2.04. The Kier molecular flexibility index (Phi) is 4.06. The maximum absolute atomic E-state index is 11.9. The Bertz CT molecular complexity index is 594. The van der Waals surface area contributed by atoms with Gasteiger partial charge in [0.15, 0.2) is 0 Å². The lowest BCUT2D eigenvalue weighted by molar-refractivity contribution is 0.0531. The number of hydrogen-bond donors (Lipinski definition) is 1. The monoisotopic (exact) mass is 288 g/mol. The second-order valence-electron chi connectivity index (χ2n) is 4.62. The van der Waals surface area contributed by atoms with E-state index in [1.54, 1.807) is 28.2 Å². The standard InChI is InChI=1S/C13H16N6O2/c20-13(18-4-6-21-7-5-18)15-8-11-10-19(17-16-11)12-2-1-3-14-9-12/h1-3,9-10H,4-8H2,(H,15,20). The molecule has 8 heteroatoms. The van der Waals surface area contributed by atoms with Crippen LogP contribution in [0.15, 0.2) is 30.7 Å². The van der Waals surface area contributed by atoms with E-state index < -0.39 is 0 Å². The van der Waals surface area contributed by atoms with Gasteiger partial charge in [0.2, 0.25) is 0 Å². The van der Waals surface area contributed by atoms with Gasteiger partial charge in [0.05, 0.1) is 37.8 Å². The van der Waals surface area contributed by atoms with E-state index in [1.807, 2.05) is 12.1 Å². The number of nitrogens with zero attached hydrogens (tertiary/aromatic N) is 5. The first-order valence-electron chi connectivity index (χ1n) is 6.75. The van der Waals surface area contributed by atoms with Crippen molar-refractivity contribution in [3.05, 3.63) is 36.4 Å². The molecule has 1 aliphatic rings. The van der Waals surface area contributed by atoms with Crippen molar-refractivity contribution in [3.8, 4) is 5.69 Å². The van der Waals surface area contributed by atoms with Gasteiger partial charge in [0.1, 0.15) is 5.69 Å². The molecular formula is C13H16N6O2. The zero-order valence-corrected chi connectivity index (χ0v) is 11.5. The second-order valence-corrected chi connectivity index (χ2v) is 4.62. The average Bonchev–Trinajstić information content (AvgIpc) is 3.03. The number of hydrogen-bond acceptors (Lipinski definition) is 5. The van der Waals surface area contributed by atoms with E-state index in [4.69, 9.17) is 4.74 Å². The molecule has 3 rings (SSSR count). The van der Waals surface area contributed by atoms with E-state index in [0.717, 1.165) is 5.69 Å². The quantitative estimate of drug-likeness (QED) is 0.872. The molecule has 0 radical (unpaired) electrons. The fourth-order valence-corrected chi connectivity index (χ4v) is 2.04. The molecule has 1 fully saturated rings. The number of nitrogens with one attached hydrogen (secondary N) is 1. The fraction of sp³-hybridized carbons (Fsp3) is 0.385. The van der Waals surface area contributed by atoms with Gasteiger partial charge in [-0.3, -0.25) is 4.98 Å². The lowest BCUT2D eigenvalue weighted by Crippen LogP contribution is -2.45. The predicted octanol–water partition coefficient (Wildman–Crippen LogP) is 0.204. The first kappa shape index (κ1) is 13.5. The highest BCUT2D eigenvalue weighted by Crippen LogP contribution is 2.04. The van der Waals surface area contributed by atoms with E-state index in [2.05, 4.69) is 20.6 Å². The zero-order valence-electron chi connectivity index (χ0n) is 11.5. The van der Waals surface area contributed by atoms with Gasteiger partial charge < -0.3 is 15.0 Å². The molecule has 2 amide bonds. The van der Waals surface area contributed by atoms with E-state index in [0.29, 0.717) is 38.5 Å². The third-order valence-corrected chi connectivity index (χ3v) is 3.17. The Morgan fingerprint density at radius 2 is 2.24 bits per heavy atom. The Labute approximate surface area is 121 Å². The van der Waals surface area contributed by atoms with Gasteiger partial charge in [-0.2, -0.15) is 0 Å². The Morgan fingerprint density at radius 3 is 3.00 bits per heavy atom. The van der Waals surface area contributed by atoms with Crippen molar-refractivity contribution in [3.63, 3.8) is 0 Å². The van der Waals surface area contributed by atoms with Crippen LogP contribution >= 0.6 is 0 Å². The first-order chi connectivity index (χ1) is 10.3. The summed E-state index contributed by atoms with van der Waals surface area (Å²) in [5.41, 5.74) is 1.52. The van der Waals surface area contributed by atoms with Gasteiger partial charge in [-0.05, 0) is 12.1 Å². The second kappa shape index (κ2) is 6.31. The SMILES string of the molecule is O=C(NCc1cn(-c2cccnc2)nn1)N1CCOCC1. The molecule has 8 nitrogen and oxygen atoms in total. The minimum atomic E-state index is -0.103. The maximum Gasteiger partial charge on any atom is 0.317 e. The summed E-state index contributed by atoms with van der Waals surface area (Å²) in [6.45, 7) is 2.76. The molecular weight excluding hydrogens is 272 g/mol. The van der Waals surface area contributed by atoms with Crippen molar-refractivity contribution in [2.45, 2.75) is 6.54 Å². The summed E-state index contributed by atoms with van der Waals surface area (Å²) in [5, 5.41) is 10.9. The van der Waals surface area contributed by atoms with Crippen molar-refractivity contribution in [2.24, 2.45) is 0 Å². The number of amides is 2. The van der Waals surface area contributed by atoms with Crippen LogP contribution in [-0.2, 0) is 11.3 Å². The highest BCUT2D eigenvalue weighted by atomic mass is 16.5. The van der Waals surface area contributed by atoms with Crippen molar-refractivity contribution in [1.29, 1.82) is 0 Å². The van der Waals surface area contributed by atoms with Crippen LogP contribution in [0, 0.1) is 0 Å². The normalized spacial score (nSPS) is 15.0. The Balaban J connectivity index is 1.56. The number of aromatic nitrogens is 4. The van der Waals surface area contributed by atoms with Crippen LogP contribution in [0.1, 0.15) is 5.69 Å². The molecule has 0 spiro atoms. The molecule has 21 heavy (non-hydrogen) atoms. The summed E-state index contributed by atoms with van der Waals surface area (Å²) in [4.78, 5) is 17.7. The van der Waals surface area contributed by atoms with Crippen LogP contribution in [0.25, 0.3) is 5.69 Å². The number of pyridine rings is 1. The predicted molar refractivity (Wildman–Crippen MR) is 73.8 cm³/mol.